The second kappa shape index (κ2) is 20.9. The third-order valence-electron chi connectivity index (χ3n) is 9.15. The lowest BCUT2D eigenvalue weighted by Crippen LogP contribution is -2.19. The van der Waals surface area contributed by atoms with Gasteiger partial charge in [0.25, 0.3) is 0 Å². The summed E-state index contributed by atoms with van der Waals surface area (Å²) in [7, 11) is 0. The predicted octanol–water partition coefficient (Wildman–Crippen LogP) is 10.5. The molecule has 52 heavy (non-hydrogen) atoms. The minimum atomic E-state index is 0.249. The maximum absolute atomic E-state index is 6.18. The van der Waals surface area contributed by atoms with Crippen molar-refractivity contribution in [3.63, 3.8) is 0 Å². The summed E-state index contributed by atoms with van der Waals surface area (Å²) in [5, 5.41) is 0. The summed E-state index contributed by atoms with van der Waals surface area (Å²) >= 11 is 0. The lowest BCUT2D eigenvalue weighted by molar-refractivity contribution is 0.0271. The Hall–Kier alpha value is -4.84. The summed E-state index contributed by atoms with van der Waals surface area (Å²) in [6.45, 7) is 4.98. The molecule has 6 aromatic carbocycles. The van der Waals surface area contributed by atoms with Crippen LogP contribution in [-0.4, -0.2) is 26.4 Å². The summed E-state index contributed by atoms with van der Waals surface area (Å²) in [5.41, 5.74) is 9.73. The molecule has 0 heterocycles. The van der Waals surface area contributed by atoms with Gasteiger partial charge in [-0.25, -0.2) is 0 Å². The van der Waals surface area contributed by atoms with E-state index in [0.717, 1.165) is 12.8 Å². The number of hydrogen-bond acceptors (Lipinski definition) is 4. The van der Waals surface area contributed by atoms with Crippen molar-refractivity contribution < 1.29 is 18.9 Å². The Labute approximate surface area is 310 Å². The van der Waals surface area contributed by atoms with Crippen LogP contribution in [0.25, 0.3) is 11.1 Å². The third kappa shape index (κ3) is 12.7. The monoisotopic (exact) mass is 690 g/mol. The lowest BCUT2D eigenvalue weighted by atomic mass is 9.96. The molecule has 4 heteroatoms. The Kier molecular flexibility index (Phi) is 14.8. The molecule has 4 nitrogen and oxygen atoms in total. The van der Waals surface area contributed by atoms with Crippen molar-refractivity contribution in [1.82, 2.24) is 0 Å². The van der Waals surface area contributed by atoms with Crippen LogP contribution in [-0.2, 0) is 58.2 Å². The minimum absolute atomic E-state index is 0.249. The van der Waals surface area contributed by atoms with Crippen LogP contribution in [0.3, 0.4) is 0 Å². The van der Waals surface area contributed by atoms with Gasteiger partial charge in [-0.1, -0.05) is 170 Å². The molecule has 0 saturated carbocycles. The van der Waals surface area contributed by atoms with E-state index in [1.54, 1.807) is 0 Å². The average Bonchev–Trinajstić information content (AvgIpc) is 3.20. The molecule has 0 radical (unpaired) electrons. The summed E-state index contributed by atoms with van der Waals surface area (Å²) in [6, 6.07) is 59.3. The molecule has 0 N–H and O–H groups in total. The second-order valence-electron chi connectivity index (χ2n) is 13.5. The van der Waals surface area contributed by atoms with Gasteiger partial charge < -0.3 is 18.9 Å². The first-order chi connectivity index (χ1) is 25.8. The smallest absolute Gasteiger partial charge is 0.0717 e. The molecule has 0 aliphatic rings. The molecule has 0 bridgehead atoms. The number of benzene rings is 6. The minimum Gasteiger partial charge on any atom is -0.376 e. The Morgan fingerprint density at radius 3 is 0.769 bits per heavy atom. The fourth-order valence-corrected chi connectivity index (χ4v) is 6.34. The van der Waals surface area contributed by atoms with E-state index in [2.05, 4.69) is 146 Å². The van der Waals surface area contributed by atoms with Gasteiger partial charge in [-0.3, -0.25) is 0 Å². The molecule has 0 unspecified atom stereocenters. The topological polar surface area (TPSA) is 36.9 Å². The van der Waals surface area contributed by atoms with E-state index in [9.17, 15) is 0 Å². The summed E-state index contributed by atoms with van der Waals surface area (Å²) in [4.78, 5) is 0. The molecular weight excluding hydrogens is 641 g/mol. The quantitative estimate of drug-likeness (QED) is 0.0753. The Bertz CT molecular complexity index is 1580. The van der Waals surface area contributed by atoms with Gasteiger partial charge >= 0.3 is 0 Å². The van der Waals surface area contributed by atoms with Gasteiger partial charge in [0.15, 0.2) is 0 Å². The van der Waals surface area contributed by atoms with Crippen LogP contribution in [0.15, 0.2) is 170 Å². The van der Waals surface area contributed by atoms with E-state index >= 15 is 0 Å². The van der Waals surface area contributed by atoms with Crippen LogP contribution < -0.4 is 0 Å². The van der Waals surface area contributed by atoms with E-state index in [-0.39, 0.29) is 11.8 Å². The van der Waals surface area contributed by atoms with Crippen LogP contribution in [0.5, 0.6) is 0 Å². The molecular formula is C48H50O4. The molecule has 6 aromatic rings. The number of ether oxygens (including phenoxy) is 4. The highest BCUT2D eigenvalue weighted by Gasteiger charge is 2.14. The van der Waals surface area contributed by atoms with Crippen LogP contribution in [0.1, 0.15) is 33.4 Å². The van der Waals surface area contributed by atoms with Crippen molar-refractivity contribution in [2.75, 3.05) is 26.4 Å². The van der Waals surface area contributed by atoms with Crippen molar-refractivity contribution in [3.05, 3.63) is 203 Å². The predicted molar refractivity (Wildman–Crippen MR) is 211 cm³/mol. The highest BCUT2D eigenvalue weighted by molar-refractivity contribution is 5.64. The summed E-state index contributed by atoms with van der Waals surface area (Å²) in [5.74, 6) is 0.498. The van der Waals surface area contributed by atoms with Gasteiger partial charge in [-0.2, -0.15) is 0 Å². The van der Waals surface area contributed by atoms with Gasteiger partial charge in [0.1, 0.15) is 0 Å². The number of rotatable bonds is 21. The maximum Gasteiger partial charge on any atom is 0.0717 e. The average molecular weight is 691 g/mol. The van der Waals surface area contributed by atoms with Crippen LogP contribution in [0.2, 0.25) is 0 Å². The molecule has 0 aliphatic carbocycles. The molecule has 0 spiro atoms. The molecule has 0 saturated heterocycles. The van der Waals surface area contributed by atoms with Crippen LogP contribution in [0, 0.1) is 11.8 Å². The van der Waals surface area contributed by atoms with E-state index in [0.29, 0.717) is 52.9 Å². The van der Waals surface area contributed by atoms with Crippen LogP contribution >= 0.6 is 0 Å². The van der Waals surface area contributed by atoms with Gasteiger partial charge in [-0.05, 0) is 57.3 Å². The molecule has 266 valence electrons. The Morgan fingerprint density at radius 1 is 0.269 bits per heavy atom. The largest absolute Gasteiger partial charge is 0.376 e. The van der Waals surface area contributed by atoms with E-state index < -0.39 is 0 Å². The summed E-state index contributed by atoms with van der Waals surface area (Å²) < 4.78 is 24.7. The van der Waals surface area contributed by atoms with Gasteiger partial charge in [-0.15, -0.1) is 0 Å². The highest BCUT2D eigenvalue weighted by Crippen LogP contribution is 2.23. The molecule has 0 aromatic heterocycles. The maximum atomic E-state index is 6.18. The molecule has 0 aliphatic heterocycles. The first-order valence-corrected chi connectivity index (χ1v) is 18.4. The standard InChI is InChI=1S/C48H50O4/c1-5-13-41(14-6-1)31-49-35-45(36-50-32-42-15-7-2-8-16-42)29-39-21-25-47(26-22-39)48-27-23-40(24-28-48)30-46(37-51-33-43-17-9-3-10-18-43)38-52-34-44-19-11-4-12-20-44/h1-28,45-46H,29-38H2. The zero-order valence-corrected chi connectivity index (χ0v) is 30.0. The van der Waals surface area contributed by atoms with Crippen molar-refractivity contribution >= 4 is 0 Å². The van der Waals surface area contributed by atoms with Gasteiger partial charge in [0.2, 0.25) is 0 Å². The van der Waals surface area contributed by atoms with E-state index in [1.807, 2.05) is 24.3 Å². The number of hydrogen-bond donors (Lipinski definition) is 0. The first kappa shape index (κ1) is 36.9. The van der Waals surface area contributed by atoms with Crippen molar-refractivity contribution in [1.29, 1.82) is 0 Å². The SMILES string of the molecule is c1ccc(COCC(COCc2ccccc2)Cc2ccc(-c3ccc(CC(COCc4ccccc4)COCc4ccccc4)cc3)cc2)cc1. The van der Waals surface area contributed by atoms with Gasteiger partial charge in [0.05, 0.1) is 52.9 Å². The third-order valence-corrected chi connectivity index (χ3v) is 9.15. The first-order valence-electron chi connectivity index (χ1n) is 18.4. The normalized spacial score (nSPS) is 11.3. The molecule has 0 fully saturated rings. The molecule has 6 rings (SSSR count). The van der Waals surface area contributed by atoms with E-state index in [4.69, 9.17) is 18.9 Å². The fraction of sp³-hybridized carbons (Fsp3) is 0.250. The summed E-state index contributed by atoms with van der Waals surface area (Å²) in [6.07, 6.45) is 1.78. The molecule has 0 atom stereocenters. The van der Waals surface area contributed by atoms with Crippen LogP contribution in [0.4, 0.5) is 0 Å². The van der Waals surface area contributed by atoms with Crippen molar-refractivity contribution in [3.8, 4) is 11.1 Å². The Balaban J connectivity index is 1.03. The van der Waals surface area contributed by atoms with Gasteiger partial charge in [0, 0.05) is 11.8 Å². The lowest BCUT2D eigenvalue weighted by Gasteiger charge is -2.19. The van der Waals surface area contributed by atoms with Crippen molar-refractivity contribution in [2.45, 2.75) is 39.3 Å². The fourth-order valence-electron chi connectivity index (χ4n) is 6.34. The molecule has 0 amide bonds. The van der Waals surface area contributed by atoms with Crippen molar-refractivity contribution in [2.24, 2.45) is 11.8 Å². The zero-order valence-electron chi connectivity index (χ0n) is 30.0. The highest BCUT2D eigenvalue weighted by atomic mass is 16.5. The zero-order chi connectivity index (χ0) is 35.5. The van der Waals surface area contributed by atoms with E-state index in [1.165, 1.54) is 44.5 Å². The second-order valence-corrected chi connectivity index (χ2v) is 13.5. The Morgan fingerprint density at radius 2 is 0.519 bits per heavy atom.